The second-order valence-electron chi connectivity index (χ2n) is 10.0. The van der Waals surface area contributed by atoms with Crippen LogP contribution in [0.4, 0.5) is 13.2 Å². The van der Waals surface area contributed by atoms with Crippen molar-refractivity contribution in [2.24, 2.45) is 5.92 Å². The highest BCUT2D eigenvalue weighted by atomic mass is 35.5. The van der Waals surface area contributed by atoms with Crippen LogP contribution in [0.1, 0.15) is 34.3 Å². The molecule has 1 aromatic heterocycles. The zero-order valence-corrected chi connectivity index (χ0v) is 23.8. The van der Waals surface area contributed by atoms with Gasteiger partial charge in [0.15, 0.2) is 0 Å². The molecule has 12 heteroatoms. The van der Waals surface area contributed by atoms with E-state index in [1.54, 1.807) is 7.11 Å². The quantitative estimate of drug-likeness (QED) is 0.362. The highest BCUT2D eigenvalue weighted by Gasteiger charge is 2.35. The van der Waals surface area contributed by atoms with Crippen LogP contribution in [0.3, 0.4) is 0 Å². The van der Waals surface area contributed by atoms with Crippen molar-refractivity contribution in [2.75, 3.05) is 33.3 Å². The first-order valence-electron chi connectivity index (χ1n) is 13.5. The summed E-state index contributed by atoms with van der Waals surface area (Å²) >= 11 is 5.93. The molecule has 2 amide bonds. The lowest BCUT2D eigenvalue weighted by atomic mass is 9.84. The number of halogens is 4. The molecule has 0 spiro atoms. The lowest BCUT2D eigenvalue weighted by Gasteiger charge is -2.44. The third-order valence-electron chi connectivity index (χ3n) is 7.05. The van der Waals surface area contributed by atoms with E-state index in [0.29, 0.717) is 12.5 Å². The Hall–Kier alpha value is -3.67. The van der Waals surface area contributed by atoms with Crippen molar-refractivity contribution < 1.29 is 32.2 Å². The van der Waals surface area contributed by atoms with Gasteiger partial charge < -0.3 is 25.0 Å². The van der Waals surface area contributed by atoms with Crippen LogP contribution in [0, 0.1) is 5.92 Å². The fourth-order valence-electron chi connectivity index (χ4n) is 4.89. The van der Waals surface area contributed by atoms with Gasteiger partial charge in [0.1, 0.15) is 11.3 Å². The number of ether oxygens (including phenoxy) is 2. The first kappa shape index (κ1) is 31.3. The number of carbonyl (C=O) groups excluding carboxylic acids is 2. The number of rotatable bonds is 8. The van der Waals surface area contributed by atoms with E-state index in [-0.39, 0.29) is 40.7 Å². The molecule has 8 nitrogen and oxygen atoms in total. The molecule has 3 aromatic rings. The van der Waals surface area contributed by atoms with Crippen LogP contribution in [0.25, 0.3) is 0 Å². The Morgan fingerprint density at radius 2 is 1.81 bits per heavy atom. The number of fused-ring (bicyclic) bond motifs is 3. The molecule has 0 saturated carbocycles. The number of hydrogen-bond acceptors (Lipinski definition) is 6. The molecule has 2 N–H and O–H groups in total. The Balaban J connectivity index is 0.000000385. The van der Waals surface area contributed by atoms with Gasteiger partial charge in [-0.15, -0.1) is 0 Å². The SMILES string of the molecule is COCc1ccccc1.O=C(CNC(=O)c1cccnc1Oc1ccc(C(F)(F)F)cc1Cl)NC1CN2CCC1CC2. The number of piperidine rings is 3. The number of nitrogens with zero attached hydrogens (tertiary/aromatic N) is 2. The maximum Gasteiger partial charge on any atom is 0.416 e. The molecule has 42 heavy (non-hydrogen) atoms. The van der Waals surface area contributed by atoms with Gasteiger partial charge in [-0.2, -0.15) is 13.2 Å². The summed E-state index contributed by atoms with van der Waals surface area (Å²) in [6, 6.07) is 15.7. The highest BCUT2D eigenvalue weighted by molar-refractivity contribution is 6.32. The normalized spacial score (nSPS) is 19.3. The molecule has 6 rings (SSSR count). The maximum atomic E-state index is 12.8. The molecule has 3 fully saturated rings. The Morgan fingerprint density at radius 1 is 1.07 bits per heavy atom. The van der Waals surface area contributed by atoms with E-state index in [4.69, 9.17) is 21.1 Å². The molecule has 3 aliphatic heterocycles. The minimum atomic E-state index is -4.55. The van der Waals surface area contributed by atoms with E-state index in [2.05, 4.69) is 20.5 Å². The van der Waals surface area contributed by atoms with E-state index in [0.717, 1.165) is 50.7 Å². The smallest absolute Gasteiger partial charge is 0.416 e. The molecule has 2 bridgehead atoms. The van der Waals surface area contributed by atoms with Gasteiger partial charge in [-0.25, -0.2) is 4.98 Å². The fourth-order valence-corrected chi connectivity index (χ4v) is 5.11. The summed E-state index contributed by atoms with van der Waals surface area (Å²) in [7, 11) is 1.70. The lowest BCUT2D eigenvalue weighted by Crippen LogP contribution is -2.58. The molecule has 0 aliphatic carbocycles. The second-order valence-corrected chi connectivity index (χ2v) is 10.4. The van der Waals surface area contributed by atoms with Crippen LogP contribution >= 0.6 is 11.6 Å². The summed E-state index contributed by atoms with van der Waals surface area (Å²) < 4.78 is 49.0. The molecule has 3 aliphatic rings. The number of carbonyl (C=O) groups is 2. The zero-order chi connectivity index (χ0) is 30.1. The third kappa shape index (κ3) is 8.67. The predicted molar refractivity (Wildman–Crippen MR) is 151 cm³/mol. The number of pyridine rings is 1. The number of amides is 2. The maximum absolute atomic E-state index is 12.8. The summed E-state index contributed by atoms with van der Waals surface area (Å²) in [5.74, 6) is -0.669. The number of benzene rings is 2. The molecule has 0 radical (unpaired) electrons. The number of hydrogen-bond donors (Lipinski definition) is 2. The summed E-state index contributed by atoms with van der Waals surface area (Å²) in [6.45, 7) is 3.41. The molecular weight excluding hydrogens is 573 g/mol. The standard InChI is InChI=1S/C22H22ClF3N4O3.C8H10O/c23-16-10-14(22(24,25)26)3-4-18(16)33-21-15(2-1-7-27-21)20(32)28-11-19(31)29-17-12-30-8-5-13(17)6-9-30;1-9-7-8-5-3-2-4-6-8/h1-4,7,10,13,17H,5-6,8-9,11-12H2,(H,28,32)(H,29,31);2-6H,7H2,1H3. The van der Waals surface area contributed by atoms with E-state index in [1.807, 2.05) is 30.3 Å². The predicted octanol–water partition coefficient (Wildman–Crippen LogP) is 5.32. The van der Waals surface area contributed by atoms with Crippen LogP contribution in [-0.2, 0) is 22.3 Å². The summed E-state index contributed by atoms with van der Waals surface area (Å²) in [4.78, 5) is 31.3. The molecule has 224 valence electrons. The van der Waals surface area contributed by atoms with Gasteiger partial charge in [-0.1, -0.05) is 41.9 Å². The van der Waals surface area contributed by atoms with Crippen LogP contribution in [0.5, 0.6) is 11.6 Å². The van der Waals surface area contributed by atoms with Crippen LogP contribution < -0.4 is 15.4 Å². The average Bonchev–Trinajstić information content (AvgIpc) is 2.98. The molecule has 2 aromatic carbocycles. The van der Waals surface area contributed by atoms with Gasteiger partial charge in [-0.3, -0.25) is 9.59 Å². The minimum Gasteiger partial charge on any atom is -0.437 e. The lowest BCUT2D eigenvalue weighted by molar-refractivity contribution is -0.137. The Kier molecular flexibility index (Phi) is 10.8. The molecular formula is C30H32ClF3N4O4. The second kappa shape index (κ2) is 14.5. The van der Waals surface area contributed by atoms with Crippen molar-refractivity contribution in [3.05, 3.63) is 88.6 Å². The van der Waals surface area contributed by atoms with Crippen molar-refractivity contribution in [1.29, 1.82) is 0 Å². The average molecular weight is 605 g/mol. The molecule has 1 unspecified atom stereocenters. The number of methoxy groups -OCH3 is 1. The molecule has 4 heterocycles. The zero-order valence-electron chi connectivity index (χ0n) is 23.0. The van der Waals surface area contributed by atoms with E-state index in [1.165, 1.54) is 23.9 Å². The monoisotopic (exact) mass is 604 g/mol. The van der Waals surface area contributed by atoms with Crippen LogP contribution in [0.2, 0.25) is 5.02 Å². The molecule has 3 saturated heterocycles. The van der Waals surface area contributed by atoms with E-state index in [9.17, 15) is 22.8 Å². The summed E-state index contributed by atoms with van der Waals surface area (Å²) in [5.41, 5.74) is 0.317. The summed E-state index contributed by atoms with van der Waals surface area (Å²) in [5, 5.41) is 5.24. The van der Waals surface area contributed by atoms with Crippen molar-refractivity contribution in [3.8, 4) is 11.6 Å². The molecule has 1 atom stereocenters. The Bertz CT molecular complexity index is 1350. The van der Waals surface area contributed by atoms with Gasteiger partial charge >= 0.3 is 6.18 Å². The topological polar surface area (TPSA) is 92.8 Å². The van der Waals surface area contributed by atoms with Gasteiger partial charge in [0, 0.05) is 25.9 Å². The van der Waals surface area contributed by atoms with Gasteiger partial charge in [0.25, 0.3) is 5.91 Å². The largest absolute Gasteiger partial charge is 0.437 e. The van der Waals surface area contributed by atoms with Crippen LogP contribution in [0.15, 0.2) is 66.9 Å². The third-order valence-corrected chi connectivity index (χ3v) is 7.34. The number of alkyl halides is 3. The van der Waals surface area contributed by atoms with Gasteiger partial charge in [0.05, 0.1) is 23.7 Å². The highest BCUT2D eigenvalue weighted by Crippen LogP contribution is 2.36. The van der Waals surface area contributed by atoms with Gasteiger partial charge in [-0.05, 0) is 67.7 Å². The first-order valence-corrected chi connectivity index (χ1v) is 13.8. The Morgan fingerprint density at radius 3 is 2.43 bits per heavy atom. The number of aromatic nitrogens is 1. The van der Waals surface area contributed by atoms with Crippen LogP contribution in [-0.4, -0.2) is 61.0 Å². The minimum absolute atomic E-state index is 0.0177. The summed E-state index contributed by atoms with van der Waals surface area (Å²) in [6.07, 6.45) is -1.07. The van der Waals surface area contributed by atoms with Crippen molar-refractivity contribution in [3.63, 3.8) is 0 Å². The Labute approximate surface area is 247 Å². The fraction of sp³-hybridized carbons (Fsp3) is 0.367. The first-order chi connectivity index (χ1) is 20.1. The van der Waals surface area contributed by atoms with Crippen molar-refractivity contribution in [1.82, 2.24) is 20.5 Å². The van der Waals surface area contributed by atoms with Crippen molar-refractivity contribution in [2.45, 2.75) is 31.7 Å². The van der Waals surface area contributed by atoms with E-state index < -0.39 is 17.6 Å². The van der Waals surface area contributed by atoms with Crippen molar-refractivity contribution >= 4 is 23.4 Å². The number of nitrogens with one attached hydrogen (secondary N) is 2. The van der Waals surface area contributed by atoms with Gasteiger partial charge in [0.2, 0.25) is 11.8 Å². The van der Waals surface area contributed by atoms with E-state index >= 15 is 0 Å².